The summed E-state index contributed by atoms with van der Waals surface area (Å²) in [5.74, 6) is 0.239. The maximum atomic E-state index is 14.0. The second-order valence-corrected chi connectivity index (χ2v) is 8.52. The molecule has 2 aromatic rings. The number of nitrogens with one attached hydrogen (secondary N) is 1. The molecule has 0 saturated carbocycles. The van der Waals surface area contributed by atoms with E-state index in [1.165, 1.54) is 46.0 Å². The molecule has 0 saturated heterocycles. The van der Waals surface area contributed by atoms with Crippen LogP contribution in [0.1, 0.15) is 11.1 Å². The second-order valence-electron chi connectivity index (χ2n) is 7.20. The topological polar surface area (TPSA) is 92.3 Å². The first kappa shape index (κ1) is 27.2. The maximum Gasteiger partial charge on any atom is 0.383 e. The summed E-state index contributed by atoms with van der Waals surface area (Å²) >= 11 is -1.49. The molecule has 0 aliphatic rings. The molecule has 0 bridgehead atoms. The number of alkyl halides is 2. The van der Waals surface area contributed by atoms with Crippen LogP contribution in [0.2, 0.25) is 0 Å². The van der Waals surface area contributed by atoms with Crippen LogP contribution in [0.5, 0.6) is 23.0 Å². The lowest BCUT2D eigenvalue weighted by molar-refractivity contribution is -0.164. The number of hydrogen-bond acceptors (Lipinski definition) is 7. The molecular formula is C23H28F2N2O6S. The van der Waals surface area contributed by atoms with E-state index in [9.17, 15) is 18.1 Å². The van der Waals surface area contributed by atoms with Crippen molar-refractivity contribution in [2.75, 3.05) is 47.9 Å². The van der Waals surface area contributed by atoms with Crippen LogP contribution in [0.4, 0.5) is 14.5 Å². The number of likely N-dealkylation sites (N-methyl/N-ethyl adjacent to an activating group) is 1. The minimum absolute atomic E-state index is 0.0472. The predicted octanol–water partition coefficient (Wildman–Crippen LogP) is 3.73. The lowest BCUT2D eigenvalue weighted by Crippen LogP contribution is -2.46. The van der Waals surface area contributed by atoms with Crippen molar-refractivity contribution in [3.8, 4) is 23.0 Å². The molecule has 0 aliphatic carbocycles. The predicted molar refractivity (Wildman–Crippen MR) is 127 cm³/mol. The van der Waals surface area contributed by atoms with Gasteiger partial charge in [0.1, 0.15) is 34.2 Å². The summed E-state index contributed by atoms with van der Waals surface area (Å²) in [6.45, 7) is 0. The molecule has 0 radical (unpaired) electrons. The van der Waals surface area contributed by atoms with E-state index in [2.05, 4.69) is 5.32 Å². The molecule has 34 heavy (non-hydrogen) atoms. The fourth-order valence-corrected chi connectivity index (χ4v) is 3.79. The van der Waals surface area contributed by atoms with Crippen LogP contribution in [-0.2, 0) is 21.7 Å². The van der Waals surface area contributed by atoms with E-state index in [-0.39, 0.29) is 17.2 Å². The maximum absolute atomic E-state index is 14.0. The van der Waals surface area contributed by atoms with Crippen molar-refractivity contribution >= 4 is 28.8 Å². The minimum atomic E-state index is -3.72. The van der Waals surface area contributed by atoms with Gasteiger partial charge in [0.05, 0.1) is 39.7 Å². The first-order valence-corrected chi connectivity index (χ1v) is 11.3. The Morgan fingerprint density at radius 1 is 1.03 bits per heavy atom. The molecular weight excluding hydrogens is 470 g/mol. The average Bonchev–Trinajstić information content (AvgIpc) is 2.82. The van der Waals surface area contributed by atoms with Crippen molar-refractivity contribution in [3.63, 3.8) is 0 Å². The van der Waals surface area contributed by atoms with Gasteiger partial charge in [-0.3, -0.25) is 4.79 Å². The van der Waals surface area contributed by atoms with Gasteiger partial charge in [-0.15, -0.1) is 0 Å². The number of carbonyl (C=O) groups is 1. The third-order valence-electron chi connectivity index (χ3n) is 4.80. The minimum Gasteiger partial charge on any atom is -0.612 e. The van der Waals surface area contributed by atoms with Gasteiger partial charge in [-0.25, -0.2) is 4.90 Å². The van der Waals surface area contributed by atoms with Crippen LogP contribution in [-0.4, -0.2) is 63.9 Å². The van der Waals surface area contributed by atoms with Crippen LogP contribution in [0.3, 0.4) is 0 Å². The van der Waals surface area contributed by atoms with Crippen LogP contribution < -0.4 is 24.3 Å². The summed E-state index contributed by atoms with van der Waals surface area (Å²) in [7, 11) is 8.05. The summed E-state index contributed by atoms with van der Waals surface area (Å²) in [4.78, 5) is 12.5. The Labute approximate surface area is 200 Å². The monoisotopic (exact) mass is 498 g/mol. The zero-order valence-corrected chi connectivity index (χ0v) is 20.6. The van der Waals surface area contributed by atoms with Gasteiger partial charge in [-0.05, 0) is 37.4 Å². The third kappa shape index (κ3) is 6.52. The Hall–Kier alpha value is -3.02. The van der Waals surface area contributed by atoms with Crippen molar-refractivity contribution < 1.29 is 37.1 Å². The standard InChI is InChI=1S/C23H28F2N2O6S/c1-27(2)23(24,25)22(28)26-18-11-15(7-8-19(18)31-4)14-34(29)10-9-17-20(32-5)12-16(30-3)13-21(17)33-6/h7-13H,14H2,1-6H3,(H,26,28)/b10-9+. The van der Waals surface area contributed by atoms with Crippen molar-refractivity contribution in [3.05, 3.63) is 46.9 Å². The summed E-state index contributed by atoms with van der Waals surface area (Å²) in [5.41, 5.74) is 1.17. The largest absolute Gasteiger partial charge is 0.612 e. The second kappa shape index (κ2) is 11.9. The zero-order chi connectivity index (χ0) is 25.5. The van der Waals surface area contributed by atoms with Crippen LogP contribution in [0.25, 0.3) is 6.08 Å². The first-order valence-electron chi connectivity index (χ1n) is 9.96. The number of rotatable bonds is 11. The Kier molecular flexibility index (Phi) is 9.54. The van der Waals surface area contributed by atoms with Gasteiger partial charge in [0.2, 0.25) is 0 Å². The SMILES string of the molecule is COc1cc(OC)c(/C=C/[S+]([O-])Cc2ccc(OC)c(NC(=O)C(F)(F)N(C)C)c2)c(OC)c1. The van der Waals surface area contributed by atoms with Gasteiger partial charge < -0.3 is 28.8 Å². The van der Waals surface area contributed by atoms with Crippen LogP contribution in [0, 0.1) is 0 Å². The molecule has 8 nitrogen and oxygen atoms in total. The molecule has 0 aromatic heterocycles. The summed E-state index contributed by atoms with van der Waals surface area (Å²) < 4.78 is 61.8. The average molecular weight is 499 g/mol. The molecule has 1 atom stereocenters. The number of methoxy groups -OCH3 is 4. The van der Waals surface area contributed by atoms with Crippen molar-refractivity contribution in [2.45, 2.75) is 11.8 Å². The van der Waals surface area contributed by atoms with E-state index in [1.54, 1.807) is 24.3 Å². The van der Waals surface area contributed by atoms with E-state index < -0.39 is 23.1 Å². The molecule has 0 fully saturated rings. The van der Waals surface area contributed by atoms with E-state index in [0.29, 0.717) is 33.3 Å². The number of nitrogens with zero attached hydrogens (tertiary/aromatic N) is 1. The van der Waals surface area contributed by atoms with Gasteiger partial charge in [-0.2, -0.15) is 8.78 Å². The van der Waals surface area contributed by atoms with E-state index in [1.807, 2.05) is 0 Å². The van der Waals surface area contributed by atoms with E-state index in [4.69, 9.17) is 18.9 Å². The summed E-state index contributed by atoms with van der Waals surface area (Å²) in [5, 5.41) is 3.65. The highest BCUT2D eigenvalue weighted by molar-refractivity contribution is 7.93. The first-order chi connectivity index (χ1) is 16.1. The Balaban J connectivity index is 2.24. The van der Waals surface area contributed by atoms with Crippen molar-refractivity contribution in [2.24, 2.45) is 0 Å². The van der Waals surface area contributed by atoms with Gasteiger partial charge in [0.25, 0.3) is 0 Å². The van der Waals surface area contributed by atoms with Crippen LogP contribution >= 0.6 is 0 Å². The molecule has 0 aliphatic heterocycles. The molecule has 11 heteroatoms. The summed E-state index contributed by atoms with van der Waals surface area (Å²) in [6.07, 6.45) is 1.61. The number of amides is 1. The third-order valence-corrected chi connectivity index (χ3v) is 5.85. The van der Waals surface area contributed by atoms with Crippen LogP contribution in [0.15, 0.2) is 35.7 Å². The molecule has 2 rings (SSSR count). The Morgan fingerprint density at radius 3 is 2.12 bits per heavy atom. The fourth-order valence-electron chi connectivity index (χ4n) is 2.90. The van der Waals surface area contributed by atoms with E-state index in [0.717, 1.165) is 14.1 Å². The lowest BCUT2D eigenvalue weighted by atomic mass is 10.1. The Bertz CT molecular complexity index is 1010. The lowest BCUT2D eigenvalue weighted by Gasteiger charge is -2.23. The normalized spacial score (nSPS) is 12.5. The fraction of sp³-hybridized carbons (Fsp3) is 0.348. The zero-order valence-electron chi connectivity index (χ0n) is 19.8. The highest BCUT2D eigenvalue weighted by Gasteiger charge is 2.41. The Morgan fingerprint density at radius 2 is 1.62 bits per heavy atom. The molecule has 2 aromatic carbocycles. The van der Waals surface area contributed by atoms with Crippen molar-refractivity contribution in [1.29, 1.82) is 0 Å². The molecule has 1 unspecified atom stereocenters. The quantitative estimate of drug-likeness (QED) is 0.373. The number of hydrogen-bond donors (Lipinski definition) is 1. The summed E-state index contributed by atoms with van der Waals surface area (Å²) in [6, 6.07) is 4.22. The number of anilines is 1. The highest BCUT2D eigenvalue weighted by atomic mass is 32.2. The van der Waals surface area contributed by atoms with Gasteiger partial charge in [0.15, 0.2) is 0 Å². The van der Waals surface area contributed by atoms with Gasteiger partial charge in [0, 0.05) is 23.8 Å². The molecule has 0 spiro atoms. The molecule has 0 heterocycles. The van der Waals surface area contributed by atoms with Gasteiger partial charge in [-0.1, -0.05) is 6.07 Å². The number of ether oxygens (including phenoxy) is 4. The smallest absolute Gasteiger partial charge is 0.383 e. The van der Waals surface area contributed by atoms with Gasteiger partial charge >= 0.3 is 12.0 Å². The molecule has 1 amide bonds. The number of carbonyl (C=O) groups excluding carboxylic acids is 1. The number of halogens is 2. The highest BCUT2D eigenvalue weighted by Crippen LogP contribution is 2.35. The molecule has 1 N–H and O–H groups in total. The van der Waals surface area contributed by atoms with E-state index >= 15 is 0 Å². The molecule has 186 valence electrons. The number of benzene rings is 2. The van der Waals surface area contributed by atoms with Crippen molar-refractivity contribution in [1.82, 2.24) is 4.90 Å².